The molecule has 0 saturated carbocycles. The maximum Gasteiger partial charge on any atom is 0.345 e. The zero-order valence-corrected chi connectivity index (χ0v) is 13.5. The molecule has 0 aromatic heterocycles. The molecule has 0 aliphatic carbocycles. The molecule has 0 spiro atoms. The Morgan fingerprint density at radius 3 is 2.17 bits per heavy atom. The molecule has 8 heteroatoms. The van der Waals surface area contributed by atoms with Crippen LogP contribution in [0.15, 0.2) is 23.8 Å². The van der Waals surface area contributed by atoms with Gasteiger partial charge in [0.1, 0.15) is 5.57 Å². The first-order valence-corrected chi connectivity index (χ1v) is 6.92. The number of carboxylic acids is 1. The van der Waals surface area contributed by atoms with Crippen LogP contribution >= 0.6 is 0 Å². The van der Waals surface area contributed by atoms with Gasteiger partial charge in [0, 0.05) is 0 Å². The minimum atomic E-state index is -1.12. The molecule has 1 aromatic carbocycles. The largest absolute Gasteiger partial charge is 0.490 e. The van der Waals surface area contributed by atoms with Crippen molar-refractivity contribution in [2.45, 2.75) is 6.92 Å². The molecule has 0 bridgehead atoms. The van der Waals surface area contributed by atoms with E-state index in [0.29, 0.717) is 12.2 Å². The highest BCUT2D eigenvalue weighted by Crippen LogP contribution is 2.29. The highest BCUT2D eigenvalue weighted by atomic mass is 16.5. The minimum Gasteiger partial charge on any atom is -0.490 e. The van der Waals surface area contributed by atoms with E-state index in [1.807, 2.05) is 0 Å². The van der Waals surface area contributed by atoms with E-state index < -0.39 is 24.5 Å². The van der Waals surface area contributed by atoms with Crippen molar-refractivity contribution in [1.82, 2.24) is 0 Å². The highest BCUT2D eigenvalue weighted by molar-refractivity contribution is 6.17. The summed E-state index contributed by atoms with van der Waals surface area (Å²) in [5, 5.41) is 8.67. The molecule has 8 nitrogen and oxygen atoms in total. The van der Waals surface area contributed by atoms with Crippen molar-refractivity contribution < 1.29 is 38.4 Å². The van der Waals surface area contributed by atoms with Crippen LogP contribution in [0.25, 0.3) is 6.08 Å². The van der Waals surface area contributed by atoms with Gasteiger partial charge in [-0.2, -0.15) is 0 Å². The van der Waals surface area contributed by atoms with Gasteiger partial charge in [-0.1, -0.05) is 6.07 Å². The molecule has 1 aromatic rings. The van der Waals surface area contributed by atoms with Crippen molar-refractivity contribution in [2.24, 2.45) is 0 Å². The van der Waals surface area contributed by atoms with Crippen LogP contribution in [0.4, 0.5) is 0 Å². The summed E-state index contributed by atoms with van der Waals surface area (Å²) in [5.41, 5.74) is 0.161. The molecule has 0 heterocycles. The van der Waals surface area contributed by atoms with Gasteiger partial charge in [-0.25, -0.2) is 14.4 Å². The molecule has 24 heavy (non-hydrogen) atoms. The molecule has 0 unspecified atom stereocenters. The van der Waals surface area contributed by atoms with E-state index in [1.165, 1.54) is 24.3 Å². The number of carboxylic acid groups (broad SMARTS) is 1. The van der Waals surface area contributed by atoms with Gasteiger partial charge in [-0.15, -0.1) is 0 Å². The third-order valence-corrected chi connectivity index (χ3v) is 2.74. The van der Waals surface area contributed by atoms with Crippen LogP contribution in [0, 0.1) is 0 Å². The Labute approximate surface area is 138 Å². The first kappa shape index (κ1) is 19.0. The van der Waals surface area contributed by atoms with E-state index in [2.05, 4.69) is 9.47 Å². The van der Waals surface area contributed by atoms with Gasteiger partial charge in [-0.05, 0) is 30.7 Å². The standard InChI is InChI=1S/C16H18O8/c1-4-23-13-8-10(5-6-12(13)24-9-14(17)18)7-11(15(19)21-2)16(20)22-3/h5-8H,4,9H2,1-3H3,(H,17,18). The lowest BCUT2D eigenvalue weighted by atomic mass is 10.1. The fourth-order valence-corrected chi connectivity index (χ4v) is 1.73. The van der Waals surface area contributed by atoms with Crippen LogP contribution in [0.2, 0.25) is 0 Å². The summed E-state index contributed by atoms with van der Waals surface area (Å²) in [6.07, 6.45) is 1.28. The van der Waals surface area contributed by atoms with Crippen LogP contribution < -0.4 is 9.47 Å². The summed E-state index contributed by atoms with van der Waals surface area (Å²) < 4.78 is 19.6. The number of carbonyl (C=O) groups excluding carboxylic acids is 2. The van der Waals surface area contributed by atoms with Gasteiger partial charge in [0.05, 0.1) is 20.8 Å². The van der Waals surface area contributed by atoms with Crippen LogP contribution in [0.1, 0.15) is 12.5 Å². The topological polar surface area (TPSA) is 108 Å². The van der Waals surface area contributed by atoms with E-state index >= 15 is 0 Å². The fraction of sp³-hybridized carbons (Fsp3) is 0.312. The number of rotatable bonds is 8. The average molecular weight is 338 g/mol. The van der Waals surface area contributed by atoms with E-state index in [4.69, 9.17) is 14.6 Å². The van der Waals surface area contributed by atoms with Crippen LogP contribution in [-0.2, 0) is 23.9 Å². The number of hydrogen-bond acceptors (Lipinski definition) is 7. The lowest BCUT2D eigenvalue weighted by molar-refractivity contribution is -0.144. The van der Waals surface area contributed by atoms with Crippen LogP contribution in [0.5, 0.6) is 11.5 Å². The molecule has 0 aliphatic rings. The number of benzene rings is 1. The quantitative estimate of drug-likeness (QED) is 0.327. The Morgan fingerprint density at radius 1 is 1.04 bits per heavy atom. The summed E-state index contributed by atoms with van der Waals surface area (Å²) in [6, 6.07) is 4.52. The molecule has 130 valence electrons. The second-order valence-corrected chi connectivity index (χ2v) is 4.36. The zero-order chi connectivity index (χ0) is 18.1. The van der Waals surface area contributed by atoms with Crippen molar-refractivity contribution in [1.29, 1.82) is 0 Å². The van der Waals surface area contributed by atoms with Crippen LogP contribution in [-0.4, -0.2) is 50.4 Å². The Balaban J connectivity index is 3.20. The summed E-state index contributed by atoms with van der Waals surface area (Å²) in [4.78, 5) is 33.9. The number of esters is 2. The third-order valence-electron chi connectivity index (χ3n) is 2.74. The van der Waals surface area contributed by atoms with Crippen molar-refractivity contribution in [2.75, 3.05) is 27.4 Å². The molecule has 0 amide bonds. The molecule has 0 atom stereocenters. The first-order valence-electron chi connectivity index (χ1n) is 6.92. The predicted octanol–water partition coefficient (Wildman–Crippen LogP) is 1.28. The SMILES string of the molecule is CCOc1cc(C=C(C(=O)OC)C(=O)OC)ccc1OCC(=O)O. The Morgan fingerprint density at radius 2 is 1.67 bits per heavy atom. The summed E-state index contributed by atoms with van der Waals surface area (Å²) in [6.45, 7) is 1.54. The minimum absolute atomic E-state index is 0.231. The fourth-order valence-electron chi connectivity index (χ4n) is 1.73. The smallest absolute Gasteiger partial charge is 0.345 e. The molecule has 0 radical (unpaired) electrons. The monoisotopic (exact) mass is 338 g/mol. The number of methoxy groups -OCH3 is 2. The van der Waals surface area contributed by atoms with Gasteiger partial charge in [0.15, 0.2) is 18.1 Å². The Bertz CT molecular complexity index is 629. The van der Waals surface area contributed by atoms with E-state index in [0.717, 1.165) is 14.2 Å². The van der Waals surface area contributed by atoms with Crippen molar-refractivity contribution >= 4 is 24.0 Å². The van der Waals surface area contributed by atoms with Gasteiger partial charge in [-0.3, -0.25) is 0 Å². The third kappa shape index (κ3) is 5.31. The number of aliphatic carboxylic acids is 1. The second-order valence-electron chi connectivity index (χ2n) is 4.36. The number of ether oxygens (including phenoxy) is 4. The first-order chi connectivity index (χ1) is 11.4. The predicted molar refractivity (Wildman–Crippen MR) is 82.8 cm³/mol. The summed E-state index contributed by atoms with van der Waals surface area (Å²) in [7, 11) is 2.29. The maximum absolute atomic E-state index is 11.7. The summed E-state index contributed by atoms with van der Waals surface area (Å²) in [5.74, 6) is -2.30. The summed E-state index contributed by atoms with van der Waals surface area (Å²) >= 11 is 0. The number of carbonyl (C=O) groups is 3. The normalized spacial score (nSPS) is 9.62. The van der Waals surface area contributed by atoms with Gasteiger partial charge >= 0.3 is 17.9 Å². The maximum atomic E-state index is 11.7. The van der Waals surface area contributed by atoms with E-state index in [-0.39, 0.29) is 17.1 Å². The van der Waals surface area contributed by atoms with Gasteiger partial charge < -0.3 is 24.1 Å². The lowest BCUT2D eigenvalue weighted by Crippen LogP contribution is -2.15. The zero-order valence-electron chi connectivity index (χ0n) is 13.5. The molecule has 1 rings (SSSR count). The van der Waals surface area contributed by atoms with Gasteiger partial charge in [0.25, 0.3) is 0 Å². The molecular weight excluding hydrogens is 320 g/mol. The highest BCUT2D eigenvalue weighted by Gasteiger charge is 2.20. The second kappa shape index (κ2) is 9.19. The van der Waals surface area contributed by atoms with Crippen molar-refractivity contribution in [3.05, 3.63) is 29.3 Å². The van der Waals surface area contributed by atoms with Crippen LogP contribution in [0.3, 0.4) is 0 Å². The van der Waals surface area contributed by atoms with E-state index in [9.17, 15) is 14.4 Å². The van der Waals surface area contributed by atoms with Gasteiger partial charge in [0.2, 0.25) is 0 Å². The molecular formula is C16H18O8. The average Bonchev–Trinajstić information content (AvgIpc) is 2.57. The van der Waals surface area contributed by atoms with Crippen molar-refractivity contribution in [3.63, 3.8) is 0 Å². The number of hydrogen-bond donors (Lipinski definition) is 1. The molecule has 1 N–H and O–H groups in total. The molecule has 0 aliphatic heterocycles. The molecule has 0 fully saturated rings. The van der Waals surface area contributed by atoms with Crippen molar-refractivity contribution in [3.8, 4) is 11.5 Å². The molecule has 0 saturated heterocycles. The Kier molecular flexibility index (Phi) is 7.28. The lowest BCUT2D eigenvalue weighted by Gasteiger charge is -2.11. The van der Waals surface area contributed by atoms with E-state index in [1.54, 1.807) is 6.92 Å². The Hall–Kier alpha value is -3.03.